The molecule has 2 heterocycles. The molecule has 2 aliphatic rings. The van der Waals surface area contributed by atoms with Gasteiger partial charge in [0.1, 0.15) is 16.8 Å². The smallest absolute Gasteiger partial charge is 0.223 e. The zero-order valence-electron chi connectivity index (χ0n) is 18.5. The van der Waals surface area contributed by atoms with Gasteiger partial charge in [-0.1, -0.05) is 18.2 Å². The van der Waals surface area contributed by atoms with Gasteiger partial charge in [0.2, 0.25) is 5.91 Å². The maximum atomic E-state index is 12.4. The number of aliphatic hydroxyl groups excluding tert-OH is 1. The standard InChI is InChI=1S/C25H24N4O3S/c1-14(2)32-21-7-6-15(10-17(21)13-26)25-27-24(28-33-25)19-5-3-4-18-20(19)11-16-12-22(31)29(8-9-30)23(16)18/h3-7,10,14,16,23,30H,8-9,11-12H2,1-2H3. The van der Waals surface area contributed by atoms with Gasteiger partial charge in [-0.15, -0.1) is 0 Å². The van der Waals surface area contributed by atoms with Crippen LogP contribution in [0.1, 0.15) is 43.0 Å². The molecule has 33 heavy (non-hydrogen) atoms. The van der Waals surface area contributed by atoms with E-state index in [0.29, 0.717) is 30.1 Å². The normalized spacial score (nSPS) is 19.0. The number of amides is 1. The Hall–Kier alpha value is -3.28. The average molecular weight is 461 g/mol. The Balaban J connectivity index is 1.48. The molecule has 2 atom stereocenters. The highest BCUT2D eigenvalue weighted by Gasteiger charge is 2.46. The van der Waals surface area contributed by atoms with Crippen LogP contribution >= 0.6 is 11.5 Å². The SMILES string of the molecule is CC(C)Oc1ccc(-c2nc(-c3cccc4c3CC3CC(=O)N(CCO)C43)ns2)cc1C#N. The summed E-state index contributed by atoms with van der Waals surface area (Å²) in [5.74, 6) is 1.57. The third-order valence-electron chi connectivity index (χ3n) is 6.25. The van der Waals surface area contributed by atoms with Gasteiger partial charge >= 0.3 is 0 Å². The van der Waals surface area contributed by atoms with Crippen LogP contribution in [0.3, 0.4) is 0 Å². The molecule has 1 aliphatic carbocycles. The molecule has 7 nitrogen and oxygen atoms in total. The van der Waals surface area contributed by atoms with Crippen LogP contribution < -0.4 is 4.74 Å². The molecule has 2 unspecified atom stereocenters. The molecule has 0 radical (unpaired) electrons. The first-order chi connectivity index (χ1) is 16.0. The summed E-state index contributed by atoms with van der Waals surface area (Å²) in [4.78, 5) is 19.0. The van der Waals surface area contributed by atoms with Crippen molar-refractivity contribution in [2.24, 2.45) is 5.92 Å². The van der Waals surface area contributed by atoms with E-state index in [1.165, 1.54) is 17.1 Å². The van der Waals surface area contributed by atoms with Crippen LogP contribution in [0.4, 0.5) is 0 Å². The number of aromatic nitrogens is 2. The number of benzene rings is 2. The lowest BCUT2D eigenvalue weighted by atomic mass is 10.0. The summed E-state index contributed by atoms with van der Waals surface area (Å²) < 4.78 is 10.3. The largest absolute Gasteiger partial charge is 0.490 e. The maximum absolute atomic E-state index is 12.4. The highest BCUT2D eigenvalue weighted by Crippen LogP contribution is 2.49. The summed E-state index contributed by atoms with van der Waals surface area (Å²) in [5.41, 5.74) is 4.61. The summed E-state index contributed by atoms with van der Waals surface area (Å²) in [5, 5.41) is 19.7. The van der Waals surface area contributed by atoms with Crippen molar-refractivity contribution in [2.75, 3.05) is 13.2 Å². The molecular weight excluding hydrogens is 436 g/mol. The Morgan fingerprint density at radius 2 is 2.15 bits per heavy atom. The fourth-order valence-corrected chi connectivity index (χ4v) is 5.65. The molecule has 8 heteroatoms. The summed E-state index contributed by atoms with van der Waals surface area (Å²) in [6.07, 6.45) is 1.30. The Labute approximate surface area is 196 Å². The summed E-state index contributed by atoms with van der Waals surface area (Å²) in [6, 6.07) is 13.8. The van der Waals surface area contributed by atoms with Gasteiger partial charge in [0, 0.05) is 24.1 Å². The van der Waals surface area contributed by atoms with Gasteiger partial charge in [0.15, 0.2) is 5.82 Å². The Bertz CT molecular complexity index is 1260. The van der Waals surface area contributed by atoms with Crippen LogP contribution in [0.5, 0.6) is 5.75 Å². The molecule has 1 amide bonds. The van der Waals surface area contributed by atoms with Crippen molar-refractivity contribution in [1.29, 1.82) is 5.26 Å². The number of ether oxygens (including phenoxy) is 1. The van der Waals surface area contributed by atoms with Crippen molar-refractivity contribution in [3.05, 3.63) is 53.1 Å². The van der Waals surface area contributed by atoms with E-state index in [4.69, 9.17) is 9.72 Å². The third-order valence-corrected chi connectivity index (χ3v) is 7.02. The topological polar surface area (TPSA) is 99.3 Å². The second-order valence-electron chi connectivity index (χ2n) is 8.71. The highest BCUT2D eigenvalue weighted by molar-refractivity contribution is 7.09. The van der Waals surface area contributed by atoms with E-state index in [-0.39, 0.29) is 30.6 Å². The van der Waals surface area contributed by atoms with Crippen molar-refractivity contribution in [3.63, 3.8) is 0 Å². The van der Waals surface area contributed by atoms with E-state index in [9.17, 15) is 15.2 Å². The maximum Gasteiger partial charge on any atom is 0.223 e. The number of nitrogens with zero attached hydrogens (tertiary/aromatic N) is 4. The lowest BCUT2D eigenvalue weighted by molar-refractivity contribution is -0.129. The summed E-state index contributed by atoms with van der Waals surface area (Å²) >= 11 is 1.30. The minimum Gasteiger partial charge on any atom is -0.490 e. The molecular formula is C25H24N4O3S. The van der Waals surface area contributed by atoms with Crippen LogP contribution in [0.15, 0.2) is 36.4 Å². The molecule has 1 saturated heterocycles. The van der Waals surface area contributed by atoms with Crippen LogP contribution in [0.25, 0.3) is 22.0 Å². The molecule has 3 aromatic rings. The van der Waals surface area contributed by atoms with Gasteiger partial charge in [-0.3, -0.25) is 4.79 Å². The van der Waals surface area contributed by atoms with Crippen LogP contribution in [-0.4, -0.2) is 44.5 Å². The molecule has 0 saturated carbocycles. The molecule has 2 aromatic carbocycles. The first-order valence-corrected chi connectivity index (χ1v) is 11.8. The van der Waals surface area contributed by atoms with Crippen molar-refractivity contribution >= 4 is 17.4 Å². The molecule has 1 N–H and O–H groups in total. The van der Waals surface area contributed by atoms with Gasteiger partial charge in [-0.25, -0.2) is 4.98 Å². The fourth-order valence-electron chi connectivity index (χ4n) is 4.98. The van der Waals surface area contributed by atoms with Gasteiger partial charge in [-0.2, -0.15) is 9.64 Å². The number of hydrogen-bond donors (Lipinski definition) is 1. The summed E-state index contributed by atoms with van der Waals surface area (Å²) in [6.45, 7) is 4.18. The molecule has 0 bridgehead atoms. The number of fused-ring (bicyclic) bond motifs is 3. The zero-order valence-corrected chi connectivity index (χ0v) is 19.3. The molecule has 5 rings (SSSR count). The van der Waals surface area contributed by atoms with Crippen molar-refractivity contribution in [2.45, 2.75) is 38.8 Å². The van der Waals surface area contributed by atoms with Crippen molar-refractivity contribution in [3.8, 4) is 33.8 Å². The minimum absolute atomic E-state index is 0.0145. The van der Waals surface area contributed by atoms with Crippen LogP contribution in [0.2, 0.25) is 0 Å². The number of aliphatic hydroxyl groups is 1. The monoisotopic (exact) mass is 460 g/mol. The van der Waals surface area contributed by atoms with Crippen LogP contribution in [0, 0.1) is 17.2 Å². The first-order valence-electron chi connectivity index (χ1n) is 11.1. The van der Waals surface area contributed by atoms with Gasteiger partial charge in [-0.05, 0) is 67.0 Å². The minimum atomic E-state index is -0.0351. The predicted molar refractivity (Wildman–Crippen MR) is 125 cm³/mol. The molecule has 1 aliphatic heterocycles. The predicted octanol–water partition coefficient (Wildman–Crippen LogP) is 3.97. The van der Waals surface area contributed by atoms with E-state index in [0.717, 1.165) is 28.1 Å². The van der Waals surface area contributed by atoms with E-state index in [1.807, 2.05) is 43.0 Å². The average Bonchev–Trinajstić information content (AvgIpc) is 3.49. The molecule has 1 fully saturated rings. The lowest BCUT2D eigenvalue weighted by Gasteiger charge is -2.24. The quantitative estimate of drug-likeness (QED) is 0.598. The molecule has 0 spiro atoms. The van der Waals surface area contributed by atoms with Crippen molar-refractivity contribution < 1.29 is 14.6 Å². The van der Waals surface area contributed by atoms with E-state index < -0.39 is 0 Å². The Morgan fingerprint density at radius 3 is 2.91 bits per heavy atom. The van der Waals surface area contributed by atoms with Crippen LogP contribution in [-0.2, 0) is 11.2 Å². The first kappa shape index (κ1) is 21.6. The number of β-amino-alcohol motifs (C(OH)–C–C–N with tert-alkyl or cyclic N) is 1. The second-order valence-corrected chi connectivity index (χ2v) is 9.46. The van der Waals surface area contributed by atoms with Crippen molar-refractivity contribution in [1.82, 2.24) is 14.3 Å². The third kappa shape index (κ3) is 3.77. The zero-order chi connectivity index (χ0) is 23.1. The molecule has 1 aromatic heterocycles. The number of carbonyl (C=O) groups is 1. The van der Waals surface area contributed by atoms with E-state index in [1.54, 1.807) is 6.07 Å². The van der Waals surface area contributed by atoms with Gasteiger partial charge in [0.25, 0.3) is 0 Å². The van der Waals surface area contributed by atoms with Gasteiger partial charge in [0.05, 0.1) is 24.3 Å². The Morgan fingerprint density at radius 1 is 1.30 bits per heavy atom. The van der Waals surface area contributed by atoms with E-state index >= 15 is 0 Å². The van der Waals surface area contributed by atoms with E-state index in [2.05, 4.69) is 16.5 Å². The fraction of sp³-hybridized carbons (Fsp3) is 0.360. The highest BCUT2D eigenvalue weighted by atomic mass is 32.1. The number of nitriles is 1. The number of hydrogen-bond acceptors (Lipinski definition) is 7. The summed E-state index contributed by atoms with van der Waals surface area (Å²) in [7, 11) is 0. The molecule has 168 valence electrons. The second kappa shape index (κ2) is 8.58. The number of likely N-dealkylation sites (tertiary alicyclic amines) is 1. The number of carbonyl (C=O) groups excluding carboxylic acids is 1. The lowest BCUT2D eigenvalue weighted by Crippen LogP contribution is -2.30. The number of rotatable bonds is 6. The Kier molecular flexibility index (Phi) is 5.60. The van der Waals surface area contributed by atoms with Gasteiger partial charge < -0.3 is 14.7 Å².